The number of halogens is 2. The van der Waals surface area contributed by atoms with Crippen molar-refractivity contribution in [3.8, 4) is 5.75 Å². The van der Waals surface area contributed by atoms with Crippen LogP contribution in [0.5, 0.6) is 5.75 Å². The Balaban J connectivity index is 0.00000141. The van der Waals surface area contributed by atoms with Gasteiger partial charge in [-0.15, -0.1) is 0 Å². The number of benzene rings is 3. The molecule has 3 aromatic carbocycles. The Morgan fingerprint density at radius 2 is 1.69 bits per heavy atom. The van der Waals surface area contributed by atoms with Crippen LogP contribution in [0, 0.1) is 5.82 Å². The van der Waals surface area contributed by atoms with E-state index in [9.17, 15) is 14.3 Å². The highest BCUT2D eigenvalue weighted by Crippen LogP contribution is 2.35. The molecule has 0 radical (unpaired) electrons. The highest BCUT2D eigenvalue weighted by Gasteiger charge is 2.19. The maximum atomic E-state index is 13.1. The molecule has 4 aromatic rings. The third-order valence-electron chi connectivity index (χ3n) is 4.71. The first kappa shape index (κ1) is 23.4. The molecule has 4 nitrogen and oxygen atoms in total. The number of ether oxygens (including phenoxy) is 1. The van der Waals surface area contributed by atoms with Gasteiger partial charge >= 0.3 is 5.97 Å². The Morgan fingerprint density at radius 3 is 2.34 bits per heavy atom. The normalized spacial score (nSPS) is 10.4. The van der Waals surface area contributed by atoms with Gasteiger partial charge in [0.15, 0.2) is 5.75 Å². The number of aromatic carboxylic acids is 1. The van der Waals surface area contributed by atoms with Crippen molar-refractivity contribution in [3.05, 3.63) is 105 Å². The van der Waals surface area contributed by atoms with Crippen molar-refractivity contribution >= 4 is 32.8 Å². The van der Waals surface area contributed by atoms with Gasteiger partial charge in [-0.05, 0) is 47.4 Å². The van der Waals surface area contributed by atoms with E-state index in [-0.39, 0.29) is 23.7 Å². The summed E-state index contributed by atoms with van der Waals surface area (Å²) in [7, 11) is 0. The number of hydrogen-bond acceptors (Lipinski definition) is 3. The predicted octanol–water partition coefficient (Wildman–Crippen LogP) is 7.03. The number of fused-ring (bicyclic) bond motifs is 1. The van der Waals surface area contributed by atoms with Crippen molar-refractivity contribution in [1.29, 1.82) is 0 Å². The minimum atomic E-state index is -1.09. The number of carboxylic acid groups (broad SMARTS) is 1. The maximum Gasteiger partial charge on any atom is 0.339 e. The van der Waals surface area contributed by atoms with Crippen molar-refractivity contribution in [2.45, 2.75) is 26.9 Å². The molecule has 0 unspecified atom stereocenters. The van der Waals surface area contributed by atoms with E-state index >= 15 is 0 Å². The first-order valence-corrected chi connectivity index (χ1v) is 11.1. The first-order valence-electron chi connectivity index (χ1n) is 10.3. The molecular formula is C26H23BrFNO3. The van der Waals surface area contributed by atoms with Crippen LogP contribution in [0.25, 0.3) is 10.9 Å². The van der Waals surface area contributed by atoms with Crippen LogP contribution in [-0.4, -0.2) is 16.1 Å². The fourth-order valence-corrected chi connectivity index (χ4v) is 3.77. The quantitative estimate of drug-likeness (QED) is 0.311. The molecule has 4 rings (SSSR count). The minimum Gasteiger partial charge on any atom is -0.486 e. The molecule has 0 bridgehead atoms. The van der Waals surface area contributed by atoms with E-state index in [1.165, 1.54) is 18.2 Å². The summed E-state index contributed by atoms with van der Waals surface area (Å²) < 4.78 is 19.7. The second kappa shape index (κ2) is 10.9. The molecule has 0 saturated carbocycles. The third-order valence-corrected chi connectivity index (χ3v) is 5.37. The van der Waals surface area contributed by atoms with Gasteiger partial charge in [-0.25, -0.2) is 9.18 Å². The summed E-state index contributed by atoms with van der Waals surface area (Å²) in [6, 6.07) is 19.3. The van der Waals surface area contributed by atoms with E-state index in [2.05, 4.69) is 20.9 Å². The van der Waals surface area contributed by atoms with E-state index in [0.717, 1.165) is 22.1 Å². The lowest BCUT2D eigenvalue weighted by molar-refractivity contribution is 0.0692. The van der Waals surface area contributed by atoms with E-state index in [0.29, 0.717) is 16.4 Å². The zero-order chi connectivity index (χ0) is 23.1. The van der Waals surface area contributed by atoms with Gasteiger partial charge in [0.25, 0.3) is 0 Å². The number of hydrogen-bond donors (Lipinski definition) is 1. The summed E-state index contributed by atoms with van der Waals surface area (Å²) in [5, 5.41) is 10.4. The van der Waals surface area contributed by atoms with Crippen LogP contribution in [0.3, 0.4) is 0 Å². The lowest BCUT2D eigenvalue weighted by atomic mass is 10.0. The van der Waals surface area contributed by atoms with Crippen LogP contribution < -0.4 is 4.74 Å². The SMILES string of the molecule is CC.O=C(O)c1cc(Br)c2cc(Cc3ccc(F)cc3)cnc2c1OCc1ccccc1. The highest BCUT2D eigenvalue weighted by molar-refractivity contribution is 9.10. The summed E-state index contributed by atoms with van der Waals surface area (Å²) in [6.45, 7) is 4.23. The van der Waals surface area contributed by atoms with Gasteiger partial charge in [0.2, 0.25) is 0 Å². The molecule has 0 amide bonds. The number of rotatable bonds is 6. The van der Waals surface area contributed by atoms with Crippen LogP contribution in [0.2, 0.25) is 0 Å². The predicted molar refractivity (Wildman–Crippen MR) is 128 cm³/mol. The topological polar surface area (TPSA) is 59.4 Å². The van der Waals surface area contributed by atoms with E-state index in [4.69, 9.17) is 4.74 Å². The first-order chi connectivity index (χ1) is 15.5. The fourth-order valence-electron chi connectivity index (χ4n) is 3.24. The molecule has 1 aromatic heterocycles. The molecule has 0 aliphatic carbocycles. The Bertz CT molecular complexity index is 1210. The van der Waals surface area contributed by atoms with Gasteiger partial charge in [-0.2, -0.15) is 0 Å². The lowest BCUT2D eigenvalue weighted by Gasteiger charge is -2.14. The van der Waals surface area contributed by atoms with Crippen LogP contribution in [0.4, 0.5) is 4.39 Å². The Labute approximate surface area is 194 Å². The van der Waals surface area contributed by atoms with E-state index in [1.807, 2.05) is 50.2 Å². The zero-order valence-electron chi connectivity index (χ0n) is 17.8. The Morgan fingerprint density at radius 1 is 1.00 bits per heavy atom. The molecule has 0 saturated heterocycles. The van der Waals surface area contributed by atoms with Crippen LogP contribution in [-0.2, 0) is 13.0 Å². The van der Waals surface area contributed by atoms with Gasteiger partial charge in [-0.3, -0.25) is 4.98 Å². The summed E-state index contributed by atoms with van der Waals surface area (Å²) >= 11 is 3.47. The maximum absolute atomic E-state index is 13.1. The number of carboxylic acids is 1. The largest absolute Gasteiger partial charge is 0.486 e. The minimum absolute atomic E-state index is 0.0455. The Hall–Kier alpha value is -3.25. The standard InChI is InChI=1S/C24H17BrFNO3.C2H6/c25-21-12-20(24(28)29)23(30-14-16-4-2-1-3-5-16)22-19(21)11-17(13-27-22)10-15-6-8-18(26)9-7-15;1-2/h1-9,11-13H,10,14H2,(H,28,29);1-2H3. The van der Waals surface area contributed by atoms with Gasteiger partial charge in [0.1, 0.15) is 23.5 Å². The summed E-state index contributed by atoms with van der Waals surface area (Å²) in [4.78, 5) is 16.3. The number of pyridine rings is 1. The average molecular weight is 496 g/mol. The molecule has 1 heterocycles. The molecule has 0 spiro atoms. The van der Waals surface area contributed by atoms with Crippen molar-refractivity contribution < 1.29 is 19.0 Å². The average Bonchev–Trinajstić information content (AvgIpc) is 2.82. The van der Waals surface area contributed by atoms with Crippen molar-refractivity contribution in [1.82, 2.24) is 4.98 Å². The molecule has 164 valence electrons. The monoisotopic (exact) mass is 495 g/mol. The molecule has 0 aliphatic rings. The molecule has 0 aliphatic heterocycles. The van der Waals surface area contributed by atoms with Crippen molar-refractivity contribution in [3.63, 3.8) is 0 Å². The molecule has 6 heteroatoms. The van der Waals surface area contributed by atoms with Crippen LogP contribution >= 0.6 is 15.9 Å². The Kier molecular flexibility index (Phi) is 7.95. The second-order valence-corrected chi connectivity index (χ2v) is 7.71. The van der Waals surface area contributed by atoms with Crippen molar-refractivity contribution in [2.24, 2.45) is 0 Å². The molecule has 0 atom stereocenters. The van der Waals surface area contributed by atoms with E-state index < -0.39 is 5.97 Å². The van der Waals surface area contributed by atoms with E-state index in [1.54, 1.807) is 18.3 Å². The number of carbonyl (C=O) groups is 1. The van der Waals surface area contributed by atoms with Gasteiger partial charge < -0.3 is 9.84 Å². The van der Waals surface area contributed by atoms with Gasteiger partial charge in [0, 0.05) is 16.1 Å². The van der Waals surface area contributed by atoms with Crippen LogP contribution in [0.15, 0.2) is 77.4 Å². The summed E-state index contributed by atoms with van der Waals surface area (Å²) in [5.74, 6) is -1.13. The molecule has 1 N–H and O–H groups in total. The molecular weight excluding hydrogens is 473 g/mol. The van der Waals surface area contributed by atoms with Gasteiger partial charge in [-0.1, -0.05) is 72.2 Å². The smallest absolute Gasteiger partial charge is 0.339 e. The number of aromatic nitrogens is 1. The lowest BCUT2D eigenvalue weighted by Crippen LogP contribution is -2.05. The zero-order valence-corrected chi connectivity index (χ0v) is 19.4. The second-order valence-electron chi connectivity index (χ2n) is 6.86. The van der Waals surface area contributed by atoms with Crippen molar-refractivity contribution in [2.75, 3.05) is 0 Å². The fraction of sp³-hybridized carbons (Fsp3) is 0.154. The molecule has 0 fully saturated rings. The molecule has 32 heavy (non-hydrogen) atoms. The summed E-state index contributed by atoms with van der Waals surface area (Å²) in [5.41, 5.74) is 3.32. The van der Waals surface area contributed by atoms with Gasteiger partial charge in [0.05, 0.1) is 0 Å². The third kappa shape index (κ3) is 5.51. The number of nitrogens with zero attached hydrogens (tertiary/aromatic N) is 1. The highest BCUT2D eigenvalue weighted by atomic mass is 79.9. The van der Waals surface area contributed by atoms with Crippen LogP contribution in [0.1, 0.15) is 40.9 Å². The summed E-state index contributed by atoms with van der Waals surface area (Å²) in [6.07, 6.45) is 2.27.